The van der Waals surface area contributed by atoms with Gasteiger partial charge in [-0.05, 0) is 30.3 Å². The van der Waals surface area contributed by atoms with Crippen molar-refractivity contribution in [1.82, 2.24) is 15.1 Å². The quantitative estimate of drug-likeness (QED) is 0.473. The Bertz CT molecular complexity index is 1160. The Morgan fingerprint density at radius 1 is 1.03 bits per heavy atom. The lowest BCUT2D eigenvalue weighted by Crippen LogP contribution is -2.23. The van der Waals surface area contributed by atoms with E-state index in [-0.39, 0.29) is 5.91 Å². The Morgan fingerprint density at radius 2 is 1.73 bits per heavy atom. The van der Waals surface area contributed by atoms with Crippen molar-refractivity contribution < 1.29 is 9.53 Å². The maximum Gasteiger partial charge on any atom is 0.255 e. The molecular formula is C24H20ClN3O2. The number of ether oxygens (including phenoxy) is 1. The molecule has 30 heavy (non-hydrogen) atoms. The van der Waals surface area contributed by atoms with Gasteiger partial charge in [0.05, 0.1) is 24.1 Å². The molecule has 0 spiro atoms. The molecule has 6 heteroatoms. The fourth-order valence-corrected chi connectivity index (χ4v) is 3.39. The largest absolute Gasteiger partial charge is 0.496 e. The molecule has 1 amide bonds. The Kier molecular flexibility index (Phi) is 5.82. The Labute approximate surface area is 179 Å². The Balaban J connectivity index is 1.64. The Hall–Kier alpha value is -3.57. The van der Waals surface area contributed by atoms with E-state index in [9.17, 15) is 4.79 Å². The summed E-state index contributed by atoms with van der Waals surface area (Å²) in [6.45, 7) is 0.311. The fraction of sp³-hybridized carbons (Fsp3) is 0.0833. The number of nitrogens with one attached hydrogen (secondary N) is 1. The van der Waals surface area contributed by atoms with E-state index in [0.717, 1.165) is 22.5 Å². The highest BCUT2D eigenvalue weighted by Crippen LogP contribution is 2.25. The maximum atomic E-state index is 12.8. The number of benzene rings is 3. The van der Waals surface area contributed by atoms with Crippen LogP contribution in [0.3, 0.4) is 0 Å². The molecule has 0 aliphatic heterocycles. The second-order valence-corrected chi connectivity index (χ2v) is 7.11. The van der Waals surface area contributed by atoms with Gasteiger partial charge in [-0.2, -0.15) is 5.10 Å². The van der Waals surface area contributed by atoms with Crippen LogP contribution in [0.1, 0.15) is 15.9 Å². The van der Waals surface area contributed by atoms with E-state index in [1.54, 1.807) is 18.2 Å². The van der Waals surface area contributed by atoms with E-state index in [2.05, 4.69) is 5.32 Å². The van der Waals surface area contributed by atoms with Gasteiger partial charge in [-0.3, -0.25) is 4.79 Å². The minimum Gasteiger partial charge on any atom is -0.496 e. The molecule has 150 valence electrons. The van der Waals surface area contributed by atoms with Crippen molar-refractivity contribution in [3.63, 3.8) is 0 Å². The third-order valence-corrected chi connectivity index (χ3v) is 4.94. The average molecular weight is 418 g/mol. The highest BCUT2D eigenvalue weighted by molar-refractivity contribution is 6.31. The number of amides is 1. The van der Waals surface area contributed by atoms with Crippen molar-refractivity contribution >= 4 is 17.5 Å². The molecule has 0 bridgehead atoms. The van der Waals surface area contributed by atoms with Gasteiger partial charge in [-0.15, -0.1) is 0 Å². The summed E-state index contributed by atoms with van der Waals surface area (Å²) < 4.78 is 7.12. The van der Waals surface area contributed by atoms with Gasteiger partial charge < -0.3 is 10.1 Å². The summed E-state index contributed by atoms with van der Waals surface area (Å²) in [5, 5.41) is 8.20. The lowest BCUT2D eigenvalue weighted by atomic mass is 10.1. The number of methoxy groups -OCH3 is 1. The first-order chi connectivity index (χ1) is 14.7. The monoisotopic (exact) mass is 417 g/mol. The molecule has 0 aliphatic carbocycles. The summed E-state index contributed by atoms with van der Waals surface area (Å²) >= 11 is 6.06. The average Bonchev–Trinajstić information content (AvgIpc) is 3.23. The molecule has 0 unspecified atom stereocenters. The number of hydrogen-bond donors (Lipinski definition) is 1. The maximum absolute atomic E-state index is 12.8. The molecule has 5 nitrogen and oxygen atoms in total. The van der Waals surface area contributed by atoms with Crippen molar-refractivity contribution in [3.8, 4) is 22.7 Å². The number of para-hydroxylation sites is 1. The minimum absolute atomic E-state index is 0.263. The van der Waals surface area contributed by atoms with Gasteiger partial charge in [0, 0.05) is 28.9 Å². The van der Waals surface area contributed by atoms with Gasteiger partial charge in [-0.25, -0.2) is 4.68 Å². The number of carbonyl (C=O) groups is 1. The van der Waals surface area contributed by atoms with Gasteiger partial charge in [0.15, 0.2) is 0 Å². The van der Waals surface area contributed by atoms with Crippen molar-refractivity contribution in [2.45, 2.75) is 6.54 Å². The Morgan fingerprint density at radius 3 is 2.43 bits per heavy atom. The van der Waals surface area contributed by atoms with Crippen LogP contribution in [-0.2, 0) is 6.54 Å². The molecule has 0 saturated carbocycles. The zero-order valence-corrected chi connectivity index (χ0v) is 17.1. The van der Waals surface area contributed by atoms with Crippen LogP contribution in [-0.4, -0.2) is 22.8 Å². The molecule has 0 fully saturated rings. The van der Waals surface area contributed by atoms with Crippen LogP contribution in [0.25, 0.3) is 16.9 Å². The fourth-order valence-electron chi connectivity index (χ4n) is 3.22. The van der Waals surface area contributed by atoms with Crippen molar-refractivity contribution in [3.05, 3.63) is 101 Å². The standard InChI is InChI=1S/C24H20ClN3O2/c1-30-22-13-12-19(25)14-21(22)24(29)26-15-18-16-28(20-10-6-3-7-11-20)27-23(18)17-8-4-2-5-9-17/h2-14,16H,15H2,1H3,(H,26,29). The lowest BCUT2D eigenvalue weighted by Gasteiger charge is -2.10. The first-order valence-corrected chi connectivity index (χ1v) is 9.84. The van der Waals surface area contributed by atoms with Gasteiger partial charge in [-0.1, -0.05) is 60.1 Å². The number of nitrogens with zero attached hydrogens (tertiary/aromatic N) is 2. The topological polar surface area (TPSA) is 56.1 Å². The van der Waals surface area contributed by atoms with Crippen LogP contribution in [0.2, 0.25) is 5.02 Å². The molecule has 1 heterocycles. The third kappa shape index (κ3) is 4.21. The summed E-state index contributed by atoms with van der Waals surface area (Å²) in [6, 6.07) is 24.7. The second kappa shape index (κ2) is 8.84. The van der Waals surface area contributed by atoms with Crippen LogP contribution in [0, 0.1) is 0 Å². The van der Waals surface area contributed by atoms with Crippen molar-refractivity contribution in [2.24, 2.45) is 0 Å². The van der Waals surface area contributed by atoms with Gasteiger partial charge in [0.25, 0.3) is 5.91 Å². The highest BCUT2D eigenvalue weighted by atomic mass is 35.5. The van der Waals surface area contributed by atoms with E-state index in [1.165, 1.54) is 7.11 Å². The highest BCUT2D eigenvalue weighted by Gasteiger charge is 2.16. The number of rotatable bonds is 6. The number of aromatic nitrogens is 2. The predicted molar refractivity (Wildman–Crippen MR) is 118 cm³/mol. The molecular weight excluding hydrogens is 398 g/mol. The first-order valence-electron chi connectivity index (χ1n) is 9.47. The zero-order chi connectivity index (χ0) is 20.9. The first kappa shape index (κ1) is 19.7. The smallest absolute Gasteiger partial charge is 0.255 e. The van der Waals surface area contributed by atoms with Crippen LogP contribution in [0.5, 0.6) is 5.75 Å². The number of carbonyl (C=O) groups excluding carboxylic acids is 1. The molecule has 4 rings (SSSR count). The molecule has 0 saturated heterocycles. The molecule has 0 atom stereocenters. The minimum atomic E-state index is -0.263. The van der Waals surface area contributed by atoms with Gasteiger partial charge >= 0.3 is 0 Å². The van der Waals surface area contributed by atoms with Crippen molar-refractivity contribution in [1.29, 1.82) is 0 Å². The molecule has 4 aromatic rings. The second-order valence-electron chi connectivity index (χ2n) is 6.68. The number of hydrogen-bond acceptors (Lipinski definition) is 3. The van der Waals surface area contributed by atoms with Gasteiger partial charge in [0.2, 0.25) is 0 Å². The van der Waals surface area contributed by atoms with Crippen LogP contribution in [0.15, 0.2) is 85.1 Å². The summed E-state index contributed by atoms with van der Waals surface area (Å²) in [6.07, 6.45) is 1.94. The predicted octanol–water partition coefficient (Wildman–Crippen LogP) is 5.13. The molecule has 0 aliphatic rings. The normalized spacial score (nSPS) is 10.6. The van der Waals surface area contributed by atoms with Crippen LogP contribution >= 0.6 is 11.6 Å². The SMILES string of the molecule is COc1ccc(Cl)cc1C(=O)NCc1cn(-c2ccccc2)nc1-c1ccccc1. The molecule has 0 radical (unpaired) electrons. The summed E-state index contributed by atoms with van der Waals surface area (Å²) in [7, 11) is 1.53. The summed E-state index contributed by atoms with van der Waals surface area (Å²) in [4.78, 5) is 12.8. The summed E-state index contributed by atoms with van der Waals surface area (Å²) in [5.41, 5.74) is 4.04. The zero-order valence-electron chi connectivity index (χ0n) is 16.4. The van der Waals surface area contributed by atoms with E-state index < -0.39 is 0 Å². The van der Waals surface area contributed by atoms with E-state index in [4.69, 9.17) is 21.4 Å². The van der Waals surface area contributed by atoms with Crippen molar-refractivity contribution in [2.75, 3.05) is 7.11 Å². The van der Waals surface area contributed by atoms with Gasteiger partial charge in [0.1, 0.15) is 5.75 Å². The van der Waals surface area contributed by atoms with Crippen LogP contribution < -0.4 is 10.1 Å². The third-order valence-electron chi connectivity index (χ3n) is 4.70. The molecule has 1 N–H and O–H groups in total. The molecule has 3 aromatic carbocycles. The van der Waals surface area contributed by atoms with E-state index in [1.807, 2.05) is 71.5 Å². The van der Waals surface area contributed by atoms with Crippen LogP contribution in [0.4, 0.5) is 0 Å². The van der Waals surface area contributed by atoms with E-state index >= 15 is 0 Å². The molecule has 1 aromatic heterocycles. The lowest BCUT2D eigenvalue weighted by molar-refractivity contribution is 0.0948. The summed E-state index contributed by atoms with van der Waals surface area (Å²) in [5.74, 6) is 0.209. The number of halogens is 1. The van der Waals surface area contributed by atoms with E-state index in [0.29, 0.717) is 22.9 Å².